The molecule has 2 rings (SSSR count). The molecule has 3 N–H and O–H groups in total. The standard InChI is InChI=1S/C19H33N5O4/c1-14(25)6-7-15-19(28)24(13-17(26)22(15)2)16(5-3-4-8-20)18(27)23-11-9-21-10-12-23/h15-16,21H,3-13,20H2,1-2H3/t15-,16-/m0/s1. The molecular weight excluding hydrogens is 362 g/mol. The molecule has 2 heterocycles. The van der Waals surface area contributed by atoms with Crippen LogP contribution in [0.2, 0.25) is 0 Å². The first-order chi connectivity index (χ1) is 13.4. The fourth-order valence-electron chi connectivity index (χ4n) is 3.78. The SMILES string of the molecule is CC(=O)CC[C@H]1C(=O)N([C@@H](CCCCN)C(=O)N2CCNCC2)CC(=O)N1C. The average molecular weight is 396 g/mol. The monoisotopic (exact) mass is 395 g/mol. The highest BCUT2D eigenvalue weighted by atomic mass is 16.2. The minimum absolute atomic E-state index is 0.0258. The van der Waals surface area contributed by atoms with Gasteiger partial charge in [-0.2, -0.15) is 0 Å². The van der Waals surface area contributed by atoms with E-state index >= 15 is 0 Å². The predicted octanol–water partition coefficient (Wildman–Crippen LogP) is -1.05. The first-order valence-electron chi connectivity index (χ1n) is 10.1. The second kappa shape index (κ2) is 10.5. The molecule has 0 unspecified atom stereocenters. The molecule has 9 nitrogen and oxygen atoms in total. The first-order valence-corrected chi connectivity index (χ1v) is 10.1. The Morgan fingerprint density at radius 2 is 1.89 bits per heavy atom. The van der Waals surface area contributed by atoms with Gasteiger partial charge in [-0.05, 0) is 39.2 Å². The zero-order valence-electron chi connectivity index (χ0n) is 17.0. The minimum Gasteiger partial charge on any atom is -0.338 e. The van der Waals surface area contributed by atoms with E-state index in [2.05, 4.69) is 5.32 Å². The maximum Gasteiger partial charge on any atom is 0.246 e. The lowest BCUT2D eigenvalue weighted by molar-refractivity contribution is -0.161. The lowest BCUT2D eigenvalue weighted by Gasteiger charge is -2.43. The van der Waals surface area contributed by atoms with Gasteiger partial charge in [0, 0.05) is 39.6 Å². The number of likely N-dealkylation sites (N-methyl/N-ethyl adjacent to an activating group) is 1. The number of rotatable bonds is 9. The van der Waals surface area contributed by atoms with Crippen LogP contribution in [0.5, 0.6) is 0 Å². The molecular formula is C19H33N5O4. The molecule has 0 saturated carbocycles. The Balaban J connectivity index is 2.20. The molecule has 0 bridgehead atoms. The van der Waals surface area contributed by atoms with E-state index in [1.807, 2.05) is 0 Å². The molecule has 0 aliphatic carbocycles. The van der Waals surface area contributed by atoms with Crippen molar-refractivity contribution < 1.29 is 19.2 Å². The molecule has 9 heteroatoms. The van der Waals surface area contributed by atoms with Crippen LogP contribution < -0.4 is 11.1 Å². The Morgan fingerprint density at radius 3 is 2.50 bits per heavy atom. The van der Waals surface area contributed by atoms with Gasteiger partial charge in [-0.1, -0.05) is 0 Å². The van der Waals surface area contributed by atoms with Crippen LogP contribution in [0.4, 0.5) is 0 Å². The largest absolute Gasteiger partial charge is 0.338 e. The number of piperazine rings is 2. The number of hydrogen-bond donors (Lipinski definition) is 2. The van der Waals surface area contributed by atoms with Crippen LogP contribution in [0.1, 0.15) is 39.0 Å². The van der Waals surface area contributed by atoms with E-state index in [1.54, 1.807) is 11.9 Å². The van der Waals surface area contributed by atoms with Crippen molar-refractivity contribution in [2.24, 2.45) is 5.73 Å². The van der Waals surface area contributed by atoms with Crippen molar-refractivity contribution in [3.8, 4) is 0 Å². The number of nitrogens with one attached hydrogen (secondary N) is 1. The Morgan fingerprint density at radius 1 is 1.21 bits per heavy atom. The summed E-state index contributed by atoms with van der Waals surface area (Å²) in [6.07, 6.45) is 2.47. The van der Waals surface area contributed by atoms with Gasteiger partial charge in [-0.15, -0.1) is 0 Å². The van der Waals surface area contributed by atoms with E-state index < -0.39 is 12.1 Å². The highest BCUT2D eigenvalue weighted by Gasteiger charge is 2.43. The molecule has 0 aromatic rings. The smallest absolute Gasteiger partial charge is 0.246 e. The van der Waals surface area contributed by atoms with Crippen LogP contribution in [-0.4, -0.2) is 96.6 Å². The predicted molar refractivity (Wildman–Crippen MR) is 104 cm³/mol. The molecule has 2 atom stereocenters. The summed E-state index contributed by atoms with van der Waals surface area (Å²) in [5.41, 5.74) is 5.59. The Hall–Kier alpha value is -2.00. The van der Waals surface area contributed by atoms with Crippen LogP contribution >= 0.6 is 0 Å². The van der Waals surface area contributed by atoms with E-state index in [1.165, 1.54) is 16.7 Å². The summed E-state index contributed by atoms with van der Waals surface area (Å²) in [6.45, 7) is 4.51. The maximum atomic E-state index is 13.2. The van der Waals surface area contributed by atoms with E-state index in [-0.39, 0.29) is 42.9 Å². The number of nitrogens with two attached hydrogens (primary N) is 1. The molecule has 0 aromatic heterocycles. The Kier molecular flexibility index (Phi) is 8.37. The number of ketones is 1. The van der Waals surface area contributed by atoms with Crippen molar-refractivity contribution >= 4 is 23.5 Å². The van der Waals surface area contributed by atoms with E-state index in [0.717, 1.165) is 19.5 Å². The van der Waals surface area contributed by atoms with Gasteiger partial charge in [0.1, 0.15) is 24.4 Å². The number of carbonyl (C=O) groups is 4. The summed E-state index contributed by atoms with van der Waals surface area (Å²) in [4.78, 5) is 54.9. The Labute approximate surface area is 166 Å². The van der Waals surface area contributed by atoms with Gasteiger partial charge in [0.15, 0.2) is 0 Å². The fraction of sp³-hybridized carbons (Fsp3) is 0.789. The van der Waals surface area contributed by atoms with Crippen LogP contribution in [-0.2, 0) is 19.2 Å². The fourth-order valence-corrected chi connectivity index (χ4v) is 3.78. The highest BCUT2D eigenvalue weighted by Crippen LogP contribution is 2.22. The molecule has 28 heavy (non-hydrogen) atoms. The summed E-state index contributed by atoms with van der Waals surface area (Å²) < 4.78 is 0. The molecule has 0 radical (unpaired) electrons. The topological polar surface area (TPSA) is 116 Å². The average Bonchev–Trinajstić information content (AvgIpc) is 2.68. The van der Waals surface area contributed by atoms with Crippen molar-refractivity contribution in [2.75, 3.05) is 46.3 Å². The third-order valence-corrected chi connectivity index (χ3v) is 5.53. The van der Waals surface area contributed by atoms with Crippen molar-refractivity contribution in [2.45, 2.75) is 51.1 Å². The van der Waals surface area contributed by atoms with Gasteiger partial charge >= 0.3 is 0 Å². The third kappa shape index (κ3) is 5.51. The van der Waals surface area contributed by atoms with Gasteiger partial charge in [-0.3, -0.25) is 14.4 Å². The lowest BCUT2D eigenvalue weighted by atomic mass is 9.99. The van der Waals surface area contributed by atoms with Gasteiger partial charge in [0.25, 0.3) is 0 Å². The number of carbonyl (C=O) groups excluding carboxylic acids is 4. The maximum absolute atomic E-state index is 13.2. The number of Topliss-reactive ketones (excluding diaryl/α,β-unsaturated/α-hetero) is 1. The number of amides is 3. The van der Waals surface area contributed by atoms with Crippen LogP contribution in [0.3, 0.4) is 0 Å². The second-order valence-corrected chi connectivity index (χ2v) is 7.60. The quantitative estimate of drug-likeness (QED) is 0.482. The van der Waals surface area contributed by atoms with Crippen molar-refractivity contribution in [1.29, 1.82) is 0 Å². The van der Waals surface area contributed by atoms with Crippen LogP contribution in [0.15, 0.2) is 0 Å². The lowest BCUT2D eigenvalue weighted by Crippen LogP contribution is -2.64. The summed E-state index contributed by atoms with van der Waals surface area (Å²) in [5.74, 6) is -0.577. The molecule has 0 aromatic carbocycles. The molecule has 2 fully saturated rings. The minimum atomic E-state index is -0.696. The molecule has 2 saturated heterocycles. The van der Waals surface area contributed by atoms with Crippen LogP contribution in [0, 0.1) is 0 Å². The van der Waals surface area contributed by atoms with E-state index in [4.69, 9.17) is 5.73 Å². The summed E-state index contributed by atoms with van der Waals surface area (Å²) in [6, 6.07) is -1.35. The van der Waals surface area contributed by atoms with Gasteiger partial charge in [0.2, 0.25) is 17.7 Å². The molecule has 0 spiro atoms. The van der Waals surface area contributed by atoms with Gasteiger partial charge in [-0.25, -0.2) is 0 Å². The summed E-state index contributed by atoms with van der Waals surface area (Å²) in [7, 11) is 1.59. The molecule has 2 aliphatic rings. The van der Waals surface area contributed by atoms with Gasteiger partial charge < -0.3 is 30.5 Å². The zero-order chi connectivity index (χ0) is 20.7. The normalized spacial score (nSPS) is 21.8. The third-order valence-electron chi connectivity index (χ3n) is 5.53. The van der Waals surface area contributed by atoms with E-state index in [9.17, 15) is 19.2 Å². The summed E-state index contributed by atoms with van der Waals surface area (Å²) >= 11 is 0. The number of hydrogen-bond acceptors (Lipinski definition) is 6. The van der Waals surface area contributed by atoms with Gasteiger partial charge in [0.05, 0.1) is 0 Å². The molecule has 3 amide bonds. The second-order valence-electron chi connectivity index (χ2n) is 7.60. The van der Waals surface area contributed by atoms with Crippen molar-refractivity contribution in [3.63, 3.8) is 0 Å². The zero-order valence-corrected chi connectivity index (χ0v) is 17.0. The van der Waals surface area contributed by atoms with Crippen LogP contribution in [0.25, 0.3) is 0 Å². The molecule has 158 valence electrons. The van der Waals surface area contributed by atoms with Crippen molar-refractivity contribution in [3.05, 3.63) is 0 Å². The van der Waals surface area contributed by atoms with E-state index in [0.29, 0.717) is 32.5 Å². The highest BCUT2D eigenvalue weighted by molar-refractivity contribution is 5.98. The number of nitrogens with zero attached hydrogens (tertiary/aromatic N) is 3. The number of unbranched alkanes of at least 4 members (excludes halogenated alkanes) is 1. The summed E-state index contributed by atoms with van der Waals surface area (Å²) in [5, 5.41) is 3.21. The molecule has 2 aliphatic heterocycles. The Bertz CT molecular complexity index is 591. The van der Waals surface area contributed by atoms with Crippen molar-refractivity contribution in [1.82, 2.24) is 20.0 Å². The first kappa shape index (κ1) is 22.3.